The van der Waals surface area contributed by atoms with Crippen molar-refractivity contribution in [2.75, 3.05) is 13.1 Å². The number of pyridine rings is 1. The fraction of sp³-hybridized carbons (Fsp3) is 0.250. The molecule has 0 amide bonds. The molecule has 1 aliphatic heterocycles. The van der Waals surface area contributed by atoms with E-state index in [1.54, 1.807) is 18.6 Å². The number of rotatable bonds is 6. The van der Waals surface area contributed by atoms with Crippen LogP contribution in [0.3, 0.4) is 0 Å². The van der Waals surface area contributed by atoms with Gasteiger partial charge in [0.05, 0.1) is 17.0 Å². The first kappa shape index (κ1) is 23.1. The van der Waals surface area contributed by atoms with Gasteiger partial charge in [0.15, 0.2) is 0 Å². The van der Waals surface area contributed by atoms with Crippen molar-refractivity contribution < 1.29 is 13.2 Å². The van der Waals surface area contributed by atoms with Gasteiger partial charge < -0.3 is 9.30 Å². The lowest BCUT2D eigenvalue weighted by atomic mass is 10.1. The molecule has 0 unspecified atom stereocenters. The van der Waals surface area contributed by atoms with Crippen LogP contribution in [0.1, 0.15) is 24.1 Å². The molecule has 1 fully saturated rings. The minimum Gasteiger partial charge on any atom is -0.487 e. The Hall–Kier alpha value is -2.65. The number of halogens is 2. The maximum atomic E-state index is 13.1. The SMILES string of the molecule is Cc1cc(-n2ccnc2)c2cccc(OCc3c(Cl)ccc(S(=O)(=O)N4CCCC4)c3Cl)c2n1. The fourth-order valence-electron chi connectivity index (χ4n) is 4.19. The molecule has 0 aliphatic carbocycles. The van der Waals surface area contributed by atoms with Gasteiger partial charge in [0, 0.05) is 47.1 Å². The molecule has 0 atom stereocenters. The van der Waals surface area contributed by atoms with Gasteiger partial charge in [0.25, 0.3) is 0 Å². The second kappa shape index (κ2) is 9.19. The number of nitrogens with zero attached hydrogens (tertiary/aromatic N) is 4. The zero-order chi connectivity index (χ0) is 23.9. The molecular formula is C24H22Cl2N4O3S. The minimum atomic E-state index is -3.70. The van der Waals surface area contributed by atoms with E-state index in [0.29, 0.717) is 34.9 Å². The Labute approximate surface area is 208 Å². The molecule has 0 bridgehead atoms. The number of sulfonamides is 1. The minimum absolute atomic E-state index is 0.00380. The van der Waals surface area contributed by atoms with Crippen molar-refractivity contribution in [1.82, 2.24) is 18.8 Å². The number of aromatic nitrogens is 3. The van der Waals surface area contributed by atoms with Crippen LogP contribution in [0.4, 0.5) is 0 Å². The van der Waals surface area contributed by atoms with E-state index in [4.69, 9.17) is 27.9 Å². The maximum Gasteiger partial charge on any atom is 0.244 e. The number of ether oxygens (including phenoxy) is 1. The number of fused-ring (bicyclic) bond motifs is 1. The molecule has 10 heteroatoms. The third-order valence-corrected chi connectivity index (χ3v) is 8.74. The Morgan fingerprint density at radius 3 is 2.65 bits per heavy atom. The summed E-state index contributed by atoms with van der Waals surface area (Å²) in [4.78, 5) is 8.87. The molecule has 2 aromatic carbocycles. The Kier molecular flexibility index (Phi) is 6.24. The molecule has 3 heterocycles. The molecule has 1 saturated heterocycles. The zero-order valence-corrected chi connectivity index (χ0v) is 20.7. The highest BCUT2D eigenvalue weighted by Gasteiger charge is 2.30. The molecule has 0 radical (unpaired) electrons. The summed E-state index contributed by atoms with van der Waals surface area (Å²) in [5.41, 5.74) is 2.85. The zero-order valence-electron chi connectivity index (χ0n) is 18.4. The van der Waals surface area contributed by atoms with Crippen molar-refractivity contribution in [3.05, 3.63) is 76.4 Å². The van der Waals surface area contributed by atoms with Crippen LogP contribution < -0.4 is 4.74 Å². The van der Waals surface area contributed by atoms with Crippen LogP contribution in [-0.2, 0) is 16.6 Å². The number of para-hydroxylation sites is 1. The molecule has 34 heavy (non-hydrogen) atoms. The summed E-state index contributed by atoms with van der Waals surface area (Å²) in [6.07, 6.45) is 7.00. The molecule has 1 aliphatic rings. The standard InChI is InChI=1S/C24H22Cl2N4O3S/c1-16-13-20(29-12-9-27-15-29)17-5-4-6-21(24(17)28-16)33-14-18-19(25)7-8-22(23(18)26)34(31,32)30-10-2-3-11-30/h4-9,12-13,15H,2-3,10-11,14H2,1H3. The second-order valence-electron chi connectivity index (χ2n) is 8.14. The molecular weight excluding hydrogens is 495 g/mol. The van der Waals surface area contributed by atoms with E-state index in [2.05, 4.69) is 9.97 Å². The normalized spacial score (nSPS) is 14.7. The Balaban J connectivity index is 1.51. The number of imidazole rings is 1. The van der Waals surface area contributed by atoms with Gasteiger partial charge in [-0.3, -0.25) is 0 Å². The van der Waals surface area contributed by atoms with E-state index in [1.807, 2.05) is 42.0 Å². The van der Waals surface area contributed by atoms with E-state index in [0.717, 1.165) is 29.6 Å². The number of benzene rings is 2. The van der Waals surface area contributed by atoms with Gasteiger partial charge >= 0.3 is 0 Å². The lowest BCUT2D eigenvalue weighted by molar-refractivity contribution is 0.309. The Morgan fingerprint density at radius 2 is 1.91 bits per heavy atom. The van der Waals surface area contributed by atoms with Crippen molar-refractivity contribution in [2.45, 2.75) is 31.3 Å². The summed E-state index contributed by atoms with van der Waals surface area (Å²) in [6.45, 7) is 2.90. The molecule has 176 valence electrons. The van der Waals surface area contributed by atoms with E-state index in [9.17, 15) is 8.42 Å². The van der Waals surface area contributed by atoms with Gasteiger partial charge in [-0.2, -0.15) is 4.31 Å². The molecule has 4 aromatic rings. The first-order valence-corrected chi connectivity index (χ1v) is 13.0. The van der Waals surface area contributed by atoms with Crippen LogP contribution in [0.2, 0.25) is 10.0 Å². The highest BCUT2D eigenvalue weighted by Crippen LogP contribution is 2.36. The fourth-order valence-corrected chi connectivity index (χ4v) is 6.56. The molecule has 2 aromatic heterocycles. The van der Waals surface area contributed by atoms with Crippen molar-refractivity contribution >= 4 is 44.1 Å². The summed E-state index contributed by atoms with van der Waals surface area (Å²) in [7, 11) is -3.70. The van der Waals surface area contributed by atoms with Crippen LogP contribution in [0.15, 0.2) is 60.0 Å². The van der Waals surface area contributed by atoms with Crippen LogP contribution in [0, 0.1) is 6.92 Å². The topological polar surface area (TPSA) is 77.3 Å². The highest BCUT2D eigenvalue weighted by atomic mass is 35.5. The third-order valence-electron chi connectivity index (χ3n) is 5.90. The van der Waals surface area contributed by atoms with Crippen LogP contribution >= 0.6 is 23.2 Å². The highest BCUT2D eigenvalue weighted by molar-refractivity contribution is 7.89. The quantitative estimate of drug-likeness (QED) is 0.342. The maximum absolute atomic E-state index is 13.1. The third kappa shape index (κ3) is 4.15. The van der Waals surface area contributed by atoms with E-state index >= 15 is 0 Å². The second-order valence-corrected chi connectivity index (χ2v) is 10.8. The number of hydrogen-bond acceptors (Lipinski definition) is 5. The molecule has 0 saturated carbocycles. The van der Waals surface area contributed by atoms with Crippen molar-refractivity contribution in [3.63, 3.8) is 0 Å². The molecule has 0 N–H and O–H groups in total. The Bertz CT molecular complexity index is 1470. The van der Waals surface area contributed by atoms with Crippen LogP contribution in [0.25, 0.3) is 16.6 Å². The van der Waals surface area contributed by atoms with Crippen molar-refractivity contribution in [1.29, 1.82) is 0 Å². The summed E-state index contributed by atoms with van der Waals surface area (Å²) in [5.74, 6) is 0.544. The smallest absolute Gasteiger partial charge is 0.244 e. The van der Waals surface area contributed by atoms with Gasteiger partial charge in [-0.05, 0) is 44.0 Å². The largest absolute Gasteiger partial charge is 0.487 e. The van der Waals surface area contributed by atoms with E-state index < -0.39 is 10.0 Å². The molecule has 7 nitrogen and oxygen atoms in total. The first-order chi connectivity index (χ1) is 16.4. The van der Waals surface area contributed by atoms with Gasteiger partial charge in [0.1, 0.15) is 22.8 Å². The number of hydrogen-bond donors (Lipinski definition) is 0. The van der Waals surface area contributed by atoms with E-state index in [1.165, 1.54) is 10.4 Å². The van der Waals surface area contributed by atoms with Crippen molar-refractivity contribution in [3.8, 4) is 11.4 Å². The van der Waals surface area contributed by atoms with Gasteiger partial charge in [-0.25, -0.2) is 18.4 Å². The summed E-state index contributed by atoms with van der Waals surface area (Å²) >= 11 is 13.0. The lowest BCUT2D eigenvalue weighted by Gasteiger charge is -2.19. The van der Waals surface area contributed by atoms with Gasteiger partial charge in [0.2, 0.25) is 10.0 Å². The van der Waals surface area contributed by atoms with Gasteiger partial charge in [-0.15, -0.1) is 0 Å². The number of aryl methyl sites for hydroxylation is 1. The first-order valence-electron chi connectivity index (χ1n) is 10.8. The predicted octanol–water partition coefficient (Wildman–Crippen LogP) is 5.40. The summed E-state index contributed by atoms with van der Waals surface area (Å²) < 4.78 is 35.7. The van der Waals surface area contributed by atoms with Crippen LogP contribution in [0.5, 0.6) is 5.75 Å². The average Bonchev–Trinajstić information content (AvgIpc) is 3.53. The lowest BCUT2D eigenvalue weighted by Crippen LogP contribution is -2.28. The van der Waals surface area contributed by atoms with Crippen LogP contribution in [-0.4, -0.2) is 40.3 Å². The average molecular weight is 517 g/mol. The predicted molar refractivity (Wildman–Crippen MR) is 132 cm³/mol. The summed E-state index contributed by atoms with van der Waals surface area (Å²) in [5, 5.41) is 1.32. The van der Waals surface area contributed by atoms with E-state index in [-0.39, 0.29) is 16.5 Å². The molecule has 5 rings (SSSR count). The molecule has 0 spiro atoms. The Morgan fingerprint density at radius 1 is 1.12 bits per heavy atom. The monoisotopic (exact) mass is 516 g/mol. The van der Waals surface area contributed by atoms with Gasteiger partial charge in [-0.1, -0.05) is 35.3 Å². The summed E-state index contributed by atoms with van der Waals surface area (Å²) in [6, 6.07) is 10.7. The van der Waals surface area contributed by atoms with Crippen molar-refractivity contribution in [2.24, 2.45) is 0 Å².